The van der Waals surface area contributed by atoms with Gasteiger partial charge < -0.3 is 14.0 Å². The quantitative estimate of drug-likeness (QED) is 0.139. The third-order valence-electron chi connectivity index (χ3n) is 11.1. The van der Waals surface area contributed by atoms with Gasteiger partial charge in [0.25, 0.3) is 0 Å². The van der Waals surface area contributed by atoms with Crippen molar-refractivity contribution in [2.75, 3.05) is 4.90 Å². The number of fused-ring (bicyclic) bond motifs is 14. The number of aromatic nitrogens is 5. The molecule has 4 aliphatic heterocycles. The molecule has 315 valence electrons. The van der Waals surface area contributed by atoms with Gasteiger partial charge in [0.1, 0.15) is 17.3 Å². The molecule has 0 fully saturated rings. The maximum Gasteiger partial charge on any atom is 0.149 e. The standard InChI is InChI=1S/C17H9N2S2.2C17H9N2S.3Ir/c1-2-6-12-11(5-1)19-16-13(20-12)7-3-8-14(16)21-15-9-4-10-18-17(15)19;1-2-8-14-13(7-1)19-16-11(5-3-9-15(16)20-14)12-6-4-10-18-17(12)19;1-2-7-13-11(5-1)12-6-3-8-14-16(12)19(13)17-15(20-14)9-4-10-18-17;;;/h1-4,6-10H;2*1-6,8-10H;;;/q3*-1;;;. The number of benzene rings is 6. The van der Waals surface area contributed by atoms with Crippen LogP contribution in [0.3, 0.4) is 0 Å². The first-order chi connectivity index (χ1) is 30.3. The Bertz CT molecular complexity index is 3380. The van der Waals surface area contributed by atoms with E-state index in [0.29, 0.717) is 0 Å². The molecule has 0 atom stereocenters. The molecule has 6 nitrogen and oxygen atoms in total. The molecule has 0 N–H and O–H groups in total. The van der Waals surface area contributed by atoms with Crippen molar-refractivity contribution in [1.82, 2.24) is 24.1 Å². The fraction of sp³-hybridized carbons (Fsp3) is 0. The molecule has 6 aromatic carbocycles. The van der Waals surface area contributed by atoms with Crippen molar-refractivity contribution in [3.63, 3.8) is 0 Å². The van der Waals surface area contributed by atoms with E-state index in [-0.39, 0.29) is 60.3 Å². The van der Waals surface area contributed by atoms with Crippen LogP contribution in [0.15, 0.2) is 203 Å². The minimum Gasteiger partial charge on any atom is -0.317 e. The zero-order chi connectivity index (χ0) is 40.0. The molecule has 0 saturated carbocycles. The third-order valence-corrected chi connectivity index (χ3v) is 15.5. The summed E-state index contributed by atoms with van der Waals surface area (Å²) in [6.07, 6.45) is 5.57. The van der Waals surface area contributed by atoms with Crippen molar-refractivity contribution in [1.29, 1.82) is 0 Å². The summed E-state index contributed by atoms with van der Waals surface area (Å²) in [6, 6.07) is 60.5. The van der Waals surface area contributed by atoms with Gasteiger partial charge in [-0.1, -0.05) is 80.5 Å². The van der Waals surface area contributed by atoms with Crippen LogP contribution in [0.2, 0.25) is 0 Å². The van der Waals surface area contributed by atoms with Crippen LogP contribution in [0.4, 0.5) is 17.2 Å². The molecule has 15 rings (SSSR count). The molecule has 0 amide bonds. The first-order valence-electron chi connectivity index (χ1n) is 19.7. The normalized spacial score (nSPS) is 12.7. The van der Waals surface area contributed by atoms with E-state index in [1.807, 2.05) is 96.7 Å². The second-order valence-electron chi connectivity index (χ2n) is 14.5. The SMILES string of the molecule is [Ir].[Ir].[Ir].[c-]1cccc2c1-n1c3ncccc3c3cccc(c31)S2.[c-]1cccc2c1N1c3ncccc3Sc3cccc(c31)S2.[c-]1cccc2c3cccc4c3n(c12)-c1ncccc1S4. The van der Waals surface area contributed by atoms with E-state index < -0.39 is 0 Å². The summed E-state index contributed by atoms with van der Waals surface area (Å²) in [4.78, 5) is 26.0. The zero-order valence-electron chi connectivity index (χ0n) is 32.9. The molecule has 9 heterocycles. The fourth-order valence-electron chi connectivity index (χ4n) is 8.65. The third kappa shape index (κ3) is 6.87. The molecule has 0 spiro atoms. The largest absolute Gasteiger partial charge is 0.317 e. The molecule has 0 aliphatic carbocycles. The van der Waals surface area contributed by atoms with Gasteiger partial charge in [0.15, 0.2) is 0 Å². The summed E-state index contributed by atoms with van der Waals surface area (Å²) in [5.41, 5.74) is 8.07. The molecule has 11 aromatic rings. The molecule has 4 aliphatic rings. The molecule has 64 heavy (non-hydrogen) atoms. The van der Waals surface area contributed by atoms with Crippen LogP contribution in [0.5, 0.6) is 0 Å². The molecule has 0 saturated heterocycles. The van der Waals surface area contributed by atoms with Crippen LogP contribution in [-0.2, 0) is 60.3 Å². The Labute approximate surface area is 426 Å². The van der Waals surface area contributed by atoms with Crippen LogP contribution in [0, 0.1) is 18.2 Å². The first kappa shape index (κ1) is 43.4. The average molecular weight is 1430 g/mol. The van der Waals surface area contributed by atoms with Gasteiger partial charge in [-0.05, 0) is 66.0 Å². The minimum absolute atomic E-state index is 0. The Balaban J connectivity index is 0.000000111. The predicted molar refractivity (Wildman–Crippen MR) is 249 cm³/mol. The maximum absolute atomic E-state index is 4.62. The van der Waals surface area contributed by atoms with Crippen molar-refractivity contribution >= 4 is 108 Å². The Hall–Kier alpha value is -4.48. The van der Waals surface area contributed by atoms with Crippen LogP contribution in [0.25, 0.3) is 55.2 Å². The van der Waals surface area contributed by atoms with Gasteiger partial charge in [0.2, 0.25) is 0 Å². The van der Waals surface area contributed by atoms with Crippen LogP contribution >= 0.6 is 47.0 Å². The molecule has 0 unspecified atom stereocenters. The van der Waals surface area contributed by atoms with Gasteiger partial charge in [-0.2, -0.15) is 96.3 Å². The Kier molecular flexibility index (Phi) is 12.0. The first-order valence-corrected chi connectivity index (χ1v) is 22.9. The Morgan fingerprint density at radius 2 is 0.844 bits per heavy atom. The monoisotopic (exact) mass is 1430 g/mol. The van der Waals surface area contributed by atoms with Crippen molar-refractivity contribution in [2.24, 2.45) is 0 Å². The molecular formula is C51H27Ir3N6S4-3. The summed E-state index contributed by atoms with van der Waals surface area (Å²) in [6.45, 7) is 0. The van der Waals surface area contributed by atoms with Crippen LogP contribution in [-0.4, -0.2) is 24.1 Å². The van der Waals surface area contributed by atoms with Crippen LogP contribution in [0.1, 0.15) is 0 Å². The summed E-state index contributed by atoms with van der Waals surface area (Å²) >= 11 is 7.21. The maximum atomic E-state index is 4.62. The number of rotatable bonds is 0. The number of hydrogen-bond acceptors (Lipinski definition) is 8. The predicted octanol–water partition coefficient (Wildman–Crippen LogP) is 14.2. The van der Waals surface area contributed by atoms with E-state index in [0.717, 1.165) is 34.2 Å². The topological polar surface area (TPSA) is 51.8 Å². The van der Waals surface area contributed by atoms with Crippen molar-refractivity contribution in [3.8, 4) is 11.5 Å². The van der Waals surface area contributed by atoms with E-state index in [2.05, 4.69) is 138 Å². The fourth-order valence-corrected chi connectivity index (χ4v) is 13.0. The van der Waals surface area contributed by atoms with E-state index in [9.17, 15) is 0 Å². The zero-order valence-corrected chi connectivity index (χ0v) is 43.4. The number of nitrogens with zero attached hydrogens (tertiary/aromatic N) is 6. The van der Waals surface area contributed by atoms with Crippen LogP contribution < -0.4 is 4.90 Å². The van der Waals surface area contributed by atoms with E-state index >= 15 is 0 Å². The summed E-state index contributed by atoms with van der Waals surface area (Å²) < 4.78 is 4.48. The van der Waals surface area contributed by atoms with Gasteiger partial charge in [-0.25, -0.2) is 15.0 Å². The summed E-state index contributed by atoms with van der Waals surface area (Å²) in [5.74, 6) is 2.02. The average Bonchev–Trinajstić information content (AvgIpc) is 3.85. The van der Waals surface area contributed by atoms with Gasteiger partial charge in [-0.3, -0.25) is 0 Å². The Morgan fingerprint density at radius 3 is 1.61 bits per heavy atom. The number of anilines is 3. The van der Waals surface area contributed by atoms with Gasteiger partial charge >= 0.3 is 0 Å². The second kappa shape index (κ2) is 17.7. The second-order valence-corrected chi connectivity index (χ2v) is 18.9. The van der Waals surface area contributed by atoms with Gasteiger partial charge in [0, 0.05) is 109 Å². The number of para-hydroxylation sites is 6. The molecule has 13 heteroatoms. The summed E-state index contributed by atoms with van der Waals surface area (Å²) in [7, 11) is 0. The number of pyridine rings is 3. The molecule has 3 radical (unpaired) electrons. The number of hydrogen-bond donors (Lipinski definition) is 0. The van der Waals surface area contributed by atoms with Gasteiger partial charge in [-0.15, -0.1) is 5.39 Å². The van der Waals surface area contributed by atoms with E-state index in [1.165, 1.54) is 77.4 Å². The van der Waals surface area contributed by atoms with E-state index in [4.69, 9.17) is 0 Å². The minimum atomic E-state index is 0. The van der Waals surface area contributed by atoms with Crippen molar-refractivity contribution in [3.05, 3.63) is 182 Å². The molecular weight excluding hydrogens is 1400 g/mol. The van der Waals surface area contributed by atoms with Gasteiger partial charge in [0.05, 0.1) is 26.5 Å². The summed E-state index contributed by atoms with van der Waals surface area (Å²) in [5, 5.41) is 4.98. The molecule has 0 bridgehead atoms. The van der Waals surface area contributed by atoms with E-state index in [1.54, 1.807) is 23.5 Å². The smallest absolute Gasteiger partial charge is 0.149 e. The van der Waals surface area contributed by atoms with Crippen molar-refractivity contribution in [2.45, 2.75) is 39.2 Å². The Morgan fingerprint density at radius 1 is 0.375 bits per heavy atom. The molecule has 5 aromatic heterocycles. The van der Waals surface area contributed by atoms with Crippen molar-refractivity contribution < 1.29 is 60.3 Å².